The Balaban J connectivity index is 4.50. The van der Waals surface area contributed by atoms with Crippen molar-refractivity contribution in [2.24, 2.45) is 0 Å². The first-order chi connectivity index (χ1) is 6.95. The first-order valence-corrected chi connectivity index (χ1v) is 8.15. The lowest BCUT2D eigenvalue weighted by Crippen LogP contribution is -2.49. The fraction of sp³-hybridized carbons (Fsp3) is 1.00. The van der Waals surface area contributed by atoms with Gasteiger partial charge in [0.25, 0.3) is 0 Å². The van der Waals surface area contributed by atoms with Gasteiger partial charge in [0.1, 0.15) is 0 Å². The summed E-state index contributed by atoms with van der Waals surface area (Å²) in [6.07, 6.45) is 1.96. The lowest BCUT2D eigenvalue weighted by Gasteiger charge is -2.36. The molecule has 0 aromatic rings. The van der Waals surface area contributed by atoms with Crippen LogP contribution in [-0.4, -0.2) is 27.6 Å². The summed E-state index contributed by atoms with van der Waals surface area (Å²) in [5, 5.41) is 0. The molecule has 0 fully saturated rings. The third kappa shape index (κ3) is 5.11. The van der Waals surface area contributed by atoms with E-state index in [0.717, 1.165) is 12.8 Å². The number of rotatable bonds is 8. The summed E-state index contributed by atoms with van der Waals surface area (Å²) in [5.74, 6) is 0. The minimum Gasteiger partial charge on any atom is -0.374 e. The van der Waals surface area contributed by atoms with Crippen LogP contribution in [0.2, 0.25) is 6.55 Å². The van der Waals surface area contributed by atoms with Crippen LogP contribution in [0.3, 0.4) is 0 Å². The summed E-state index contributed by atoms with van der Waals surface area (Å²) in [5.41, 5.74) is -0.120. The molecule has 0 aliphatic rings. The highest BCUT2D eigenvalue weighted by atomic mass is 28.4. The second-order valence-corrected chi connectivity index (χ2v) is 6.49. The second kappa shape index (κ2) is 6.63. The SMILES string of the molecule is CCO[Si](C)(OCC)OC(C)(CC)CC. The van der Waals surface area contributed by atoms with Gasteiger partial charge >= 0.3 is 8.80 Å². The van der Waals surface area contributed by atoms with Crippen LogP contribution >= 0.6 is 0 Å². The Morgan fingerprint density at radius 2 is 1.33 bits per heavy atom. The highest BCUT2D eigenvalue weighted by molar-refractivity contribution is 6.59. The van der Waals surface area contributed by atoms with Gasteiger partial charge in [-0.2, -0.15) is 0 Å². The predicted molar refractivity (Wildman–Crippen MR) is 64.9 cm³/mol. The largest absolute Gasteiger partial charge is 0.498 e. The molecular weight excluding hydrogens is 208 g/mol. The highest BCUT2D eigenvalue weighted by Crippen LogP contribution is 2.25. The maximum atomic E-state index is 6.10. The Labute approximate surface area is 95.5 Å². The molecule has 0 amide bonds. The van der Waals surface area contributed by atoms with Crippen LogP contribution in [0.15, 0.2) is 0 Å². The van der Waals surface area contributed by atoms with Crippen molar-refractivity contribution in [3.63, 3.8) is 0 Å². The predicted octanol–water partition coefficient (Wildman–Crippen LogP) is 3.22. The van der Waals surface area contributed by atoms with Gasteiger partial charge in [-0.05, 0) is 33.6 Å². The third-order valence-electron chi connectivity index (χ3n) is 2.74. The zero-order valence-corrected chi connectivity index (χ0v) is 12.1. The molecule has 0 bridgehead atoms. The van der Waals surface area contributed by atoms with Gasteiger partial charge in [0.2, 0.25) is 0 Å². The zero-order valence-electron chi connectivity index (χ0n) is 11.1. The minimum atomic E-state index is -2.43. The molecule has 0 aromatic carbocycles. The van der Waals surface area contributed by atoms with Gasteiger partial charge in [0.05, 0.1) is 5.60 Å². The second-order valence-electron chi connectivity index (χ2n) is 3.99. The smallest absolute Gasteiger partial charge is 0.374 e. The molecule has 0 aliphatic heterocycles. The Morgan fingerprint density at radius 1 is 0.933 bits per heavy atom. The zero-order chi connectivity index (χ0) is 11.9. The van der Waals surface area contributed by atoms with E-state index in [1.807, 2.05) is 20.4 Å². The molecule has 4 heteroatoms. The van der Waals surface area contributed by atoms with Crippen LogP contribution in [0.1, 0.15) is 47.5 Å². The Morgan fingerprint density at radius 3 is 1.60 bits per heavy atom. The molecule has 0 radical (unpaired) electrons. The van der Waals surface area contributed by atoms with E-state index in [1.54, 1.807) is 0 Å². The topological polar surface area (TPSA) is 27.7 Å². The molecule has 0 saturated heterocycles. The van der Waals surface area contributed by atoms with Gasteiger partial charge in [-0.15, -0.1) is 0 Å². The fourth-order valence-electron chi connectivity index (χ4n) is 1.47. The first kappa shape index (κ1) is 15.1. The monoisotopic (exact) mass is 234 g/mol. The van der Waals surface area contributed by atoms with Crippen LogP contribution in [0, 0.1) is 0 Å². The normalized spacial score (nSPS) is 13.2. The molecule has 0 saturated carbocycles. The summed E-state index contributed by atoms with van der Waals surface area (Å²) < 4.78 is 17.4. The molecular formula is C11H26O3Si. The van der Waals surface area contributed by atoms with E-state index in [9.17, 15) is 0 Å². The van der Waals surface area contributed by atoms with Crippen LogP contribution in [0.4, 0.5) is 0 Å². The number of hydrogen-bond donors (Lipinski definition) is 0. The van der Waals surface area contributed by atoms with Crippen molar-refractivity contribution in [1.29, 1.82) is 0 Å². The molecule has 0 heterocycles. The molecule has 15 heavy (non-hydrogen) atoms. The molecule has 3 nitrogen and oxygen atoms in total. The van der Waals surface area contributed by atoms with Crippen molar-refractivity contribution in [3.8, 4) is 0 Å². The summed E-state index contributed by atoms with van der Waals surface area (Å²) in [4.78, 5) is 0. The lowest BCUT2D eigenvalue weighted by atomic mass is 10.0. The summed E-state index contributed by atoms with van der Waals surface area (Å²) >= 11 is 0. The average molecular weight is 234 g/mol. The molecule has 92 valence electrons. The van der Waals surface area contributed by atoms with E-state index >= 15 is 0 Å². The maximum absolute atomic E-state index is 6.10. The summed E-state index contributed by atoms with van der Waals surface area (Å²) in [7, 11) is -2.43. The first-order valence-electron chi connectivity index (χ1n) is 5.93. The van der Waals surface area contributed by atoms with Crippen molar-refractivity contribution >= 4 is 8.80 Å². The third-order valence-corrected chi connectivity index (χ3v) is 5.23. The molecule has 0 spiro atoms. The van der Waals surface area contributed by atoms with Crippen LogP contribution in [0.25, 0.3) is 0 Å². The van der Waals surface area contributed by atoms with Crippen molar-refractivity contribution in [2.75, 3.05) is 13.2 Å². The van der Waals surface area contributed by atoms with Gasteiger partial charge in [-0.25, -0.2) is 0 Å². The number of hydrogen-bond acceptors (Lipinski definition) is 3. The van der Waals surface area contributed by atoms with Gasteiger partial charge in [-0.1, -0.05) is 13.8 Å². The summed E-state index contributed by atoms with van der Waals surface area (Å²) in [6.45, 7) is 13.6. The van der Waals surface area contributed by atoms with E-state index in [1.165, 1.54) is 0 Å². The van der Waals surface area contributed by atoms with Crippen molar-refractivity contribution < 1.29 is 13.3 Å². The van der Waals surface area contributed by atoms with Crippen LogP contribution in [0.5, 0.6) is 0 Å². The summed E-state index contributed by atoms with van der Waals surface area (Å²) in [6, 6.07) is 0. The van der Waals surface area contributed by atoms with E-state index < -0.39 is 8.80 Å². The lowest BCUT2D eigenvalue weighted by molar-refractivity contribution is -0.0199. The average Bonchev–Trinajstić information content (AvgIpc) is 2.18. The molecule has 0 aliphatic carbocycles. The molecule has 0 atom stereocenters. The van der Waals surface area contributed by atoms with Crippen LogP contribution < -0.4 is 0 Å². The standard InChI is InChI=1S/C11H26O3Si/c1-7-11(5,8-2)14-15(6,12-9-3)13-10-4/h7-10H2,1-6H3. The van der Waals surface area contributed by atoms with Gasteiger partial charge in [0.15, 0.2) is 0 Å². The van der Waals surface area contributed by atoms with Crippen molar-refractivity contribution in [2.45, 2.75) is 59.6 Å². The van der Waals surface area contributed by atoms with Crippen molar-refractivity contribution in [3.05, 3.63) is 0 Å². The Hall–Kier alpha value is 0.0969. The minimum absolute atomic E-state index is 0.120. The van der Waals surface area contributed by atoms with Gasteiger partial charge in [-0.3, -0.25) is 0 Å². The van der Waals surface area contributed by atoms with Crippen molar-refractivity contribution in [1.82, 2.24) is 0 Å². The van der Waals surface area contributed by atoms with E-state index in [4.69, 9.17) is 13.3 Å². The highest BCUT2D eigenvalue weighted by Gasteiger charge is 2.40. The molecule has 0 N–H and O–H groups in total. The quantitative estimate of drug-likeness (QED) is 0.604. The Kier molecular flexibility index (Phi) is 6.67. The molecule has 0 aromatic heterocycles. The van der Waals surface area contributed by atoms with Gasteiger partial charge in [0, 0.05) is 19.8 Å². The molecule has 0 unspecified atom stereocenters. The van der Waals surface area contributed by atoms with E-state index in [-0.39, 0.29) is 5.60 Å². The molecule has 0 rings (SSSR count). The van der Waals surface area contributed by atoms with Crippen LogP contribution in [-0.2, 0) is 13.3 Å². The fourth-order valence-corrected chi connectivity index (χ4v) is 3.90. The maximum Gasteiger partial charge on any atom is 0.498 e. The van der Waals surface area contributed by atoms with Gasteiger partial charge < -0.3 is 13.3 Å². The van der Waals surface area contributed by atoms with E-state index in [2.05, 4.69) is 20.8 Å². The van der Waals surface area contributed by atoms with E-state index in [0.29, 0.717) is 13.2 Å². The Bertz CT molecular complexity index is 163.